The third-order valence-corrected chi connectivity index (χ3v) is 5.20. The van der Waals surface area contributed by atoms with Crippen LogP contribution < -0.4 is 10.1 Å². The number of anilines is 1. The molecule has 1 saturated heterocycles. The summed E-state index contributed by atoms with van der Waals surface area (Å²) in [5, 5.41) is 2.44. The van der Waals surface area contributed by atoms with Crippen LogP contribution in [0.25, 0.3) is 6.08 Å². The zero-order valence-corrected chi connectivity index (χ0v) is 17.5. The van der Waals surface area contributed by atoms with Gasteiger partial charge in [-0.25, -0.2) is 0 Å². The minimum absolute atomic E-state index is 0.186. The molecule has 8 heteroatoms. The first-order chi connectivity index (χ1) is 14.5. The number of hydrogen-bond donors (Lipinski definition) is 1. The number of methoxy groups -OCH3 is 1. The van der Waals surface area contributed by atoms with E-state index >= 15 is 0 Å². The van der Waals surface area contributed by atoms with Crippen molar-refractivity contribution in [3.05, 3.63) is 64.6 Å². The lowest BCUT2D eigenvalue weighted by Gasteiger charge is -2.11. The van der Waals surface area contributed by atoms with Gasteiger partial charge in [0.15, 0.2) is 6.61 Å². The molecule has 156 valence electrons. The third-order valence-electron chi connectivity index (χ3n) is 4.29. The van der Waals surface area contributed by atoms with Crippen molar-refractivity contribution >= 4 is 40.6 Å². The quantitative estimate of drug-likeness (QED) is 0.648. The maximum Gasteiger partial charge on any atom is 0.293 e. The highest BCUT2D eigenvalue weighted by molar-refractivity contribution is 8.18. The van der Waals surface area contributed by atoms with Gasteiger partial charge in [0, 0.05) is 18.4 Å². The molecule has 1 aliphatic heterocycles. The number of carbonyl (C=O) groups is 3. The molecule has 0 aromatic heterocycles. The zero-order chi connectivity index (χ0) is 21.5. The van der Waals surface area contributed by atoms with Crippen LogP contribution in [0, 0.1) is 6.92 Å². The molecule has 1 heterocycles. The van der Waals surface area contributed by atoms with Crippen LogP contribution in [0.3, 0.4) is 0 Å². The number of thioether (sulfide) groups is 1. The van der Waals surface area contributed by atoms with E-state index in [1.54, 1.807) is 30.3 Å². The lowest BCUT2D eigenvalue weighted by Crippen LogP contribution is -2.31. The molecular weight excluding hydrogens is 404 g/mol. The minimum atomic E-state index is -0.367. The van der Waals surface area contributed by atoms with Gasteiger partial charge in [0.25, 0.3) is 17.1 Å². The first-order valence-electron chi connectivity index (χ1n) is 9.30. The Bertz CT molecular complexity index is 972. The van der Waals surface area contributed by atoms with Gasteiger partial charge < -0.3 is 14.8 Å². The summed E-state index contributed by atoms with van der Waals surface area (Å²) in [7, 11) is 1.51. The molecule has 0 aliphatic carbocycles. The molecule has 7 nitrogen and oxygen atoms in total. The number of ether oxygens (including phenoxy) is 2. The minimum Gasteiger partial charge on any atom is -0.483 e. The monoisotopic (exact) mass is 426 g/mol. The molecule has 2 aromatic rings. The number of rotatable bonds is 8. The molecule has 1 aliphatic rings. The predicted octanol–water partition coefficient (Wildman–Crippen LogP) is 3.70. The Morgan fingerprint density at radius 2 is 1.87 bits per heavy atom. The van der Waals surface area contributed by atoms with Gasteiger partial charge in [0.2, 0.25) is 0 Å². The lowest BCUT2D eigenvalue weighted by atomic mass is 10.2. The molecule has 1 fully saturated rings. The molecule has 1 N–H and O–H groups in total. The second kappa shape index (κ2) is 10.1. The fourth-order valence-electron chi connectivity index (χ4n) is 2.73. The zero-order valence-electron chi connectivity index (χ0n) is 16.7. The van der Waals surface area contributed by atoms with Gasteiger partial charge >= 0.3 is 0 Å². The van der Waals surface area contributed by atoms with E-state index in [2.05, 4.69) is 5.32 Å². The molecule has 0 bridgehead atoms. The Morgan fingerprint density at radius 3 is 2.60 bits per heavy atom. The Labute approximate surface area is 179 Å². The highest BCUT2D eigenvalue weighted by Crippen LogP contribution is 2.33. The average molecular weight is 426 g/mol. The molecule has 3 amide bonds. The van der Waals surface area contributed by atoms with Gasteiger partial charge in [-0.3, -0.25) is 19.3 Å². The van der Waals surface area contributed by atoms with Gasteiger partial charge in [-0.1, -0.05) is 35.9 Å². The summed E-state index contributed by atoms with van der Waals surface area (Å²) in [6, 6.07) is 14.5. The van der Waals surface area contributed by atoms with Crippen LogP contribution >= 0.6 is 11.8 Å². The number of amides is 3. The molecule has 0 atom stereocenters. The maximum atomic E-state index is 12.5. The summed E-state index contributed by atoms with van der Waals surface area (Å²) < 4.78 is 10.6. The van der Waals surface area contributed by atoms with Gasteiger partial charge in [0.1, 0.15) is 5.75 Å². The van der Waals surface area contributed by atoms with E-state index in [-0.39, 0.29) is 36.8 Å². The first kappa shape index (κ1) is 21.6. The highest BCUT2D eigenvalue weighted by atomic mass is 32.2. The van der Waals surface area contributed by atoms with Crippen molar-refractivity contribution in [3.63, 3.8) is 0 Å². The molecule has 0 spiro atoms. The van der Waals surface area contributed by atoms with Crippen molar-refractivity contribution in [3.8, 4) is 5.75 Å². The number of benzene rings is 2. The van der Waals surface area contributed by atoms with Gasteiger partial charge in [0.05, 0.1) is 18.1 Å². The smallest absolute Gasteiger partial charge is 0.293 e. The second-order valence-electron chi connectivity index (χ2n) is 6.57. The van der Waals surface area contributed by atoms with Crippen molar-refractivity contribution in [1.29, 1.82) is 0 Å². The number of nitrogens with zero attached hydrogens (tertiary/aromatic N) is 1. The van der Waals surface area contributed by atoms with Crippen LogP contribution in [0.2, 0.25) is 0 Å². The van der Waals surface area contributed by atoms with E-state index in [0.717, 1.165) is 22.2 Å². The molecule has 2 aromatic carbocycles. The third kappa shape index (κ3) is 5.49. The molecule has 3 rings (SSSR count). The number of imide groups is 1. The summed E-state index contributed by atoms with van der Waals surface area (Å²) >= 11 is 0.871. The maximum absolute atomic E-state index is 12.5. The van der Waals surface area contributed by atoms with Crippen molar-refractivity contribution in [2.24, 2.45) is 0 Å². The van der Waals surface area contributed by atoms with E-state index in [1.807, 2.05) is 31.2 Å². The van der Waals surface area contributed by atoms with Crippen LogP contribution in [0.5, 0.6) is 5.75 Å². The number of nitrogens with one attached hydrogen (secondary N) is 1. The first-order valence-corrected chi connectivity index (χ1v) is 10.1. The normalized spacial score (nSPS) is 15.0. The predicted molar refractivity (Wildman–Crippen MR) is 116 cm³/mol. The summed E-state index contributed by atoms with van der Waals surface area (Å²) in [6.45, 7) is 2.27. The molecule has 0 unspecified atom stereocenters. The lowest BCUT2D eigenvalue weighted by molar-refractivity contribution is -0.123. The largest absolute Gasteiger partial charge is 0.483 e. The van der Waals surface area contributed by atoms with E-state index < -0.39 is 0 Å². The number of carbonyl (C=O) groups excluding carboxylic acids is 3. The summed E-state index contributed by atoms with van der Waals surface area (Å²) in [5.74, 6) is -0.220. The number of para-hydroxylation sites is 1. The molecule has 0 radical (unpaired) electrons. The topological polar surface area (TPSA) is 84.9 Å². The Morgan fingerprint density at radius 1 is 1.13 bits per heavy atom. The van der Waals surface area contributed by atoms with Crippen molar-refractivity contribution in [2.75, 3.05) is 32.2 Å². The fourth-order valence-corrected chi connectivity index (χ4v) is 3.58. The summed E-state index contributed by atoms with van der Waals surface area (Å²) in [5.41, 5.74) is 2.40. The Kier molecular flexibility index (Phi) is 7.26. The van der Waals surface area contributed by atoms with Crippen molar-refractivity contribution in [1.82, 2.24) is 4.90 Å². The van der Waals surface area contributed by atoms with E-state index in [9.17, 15) is 14.4 Å². The van der Waals surface area contributed by atoms with Crippen LogP contribution in [-0.2, 0) is 14.3 Å². The Balaban J connectivity index is 1.66. The summed E-state index contributed by atoms with van der Waals surface area (Å²) in [4.78, 5) is 38.2. The molecule has 30 heavy (non-hydrogen) atoms. The average Bonchev–Trinajstić information content (AvgIpc) is 3.00. The van der Waals surface area contributed by atoms with Gasteiger partial charge in [-0.05, 0) is 43.0 Å². The van der Waals surface area contributed by atoms with E-state index in [0.29, 0.717) is 21.9 Å². The SMILES string of the molecule is COCCN1C(=O)S/C(=C/c2ccccc2OCC(=O)Nc2ccc(C)cc2)C1=O. The Hall–Kier alpha value is -3.10. The van der Waals surface area contributed by atoms with Gasteiger partial charge in [-0.15, -0.1) is 0 Å². The van der Waals surface area contributed by atoms with Crippen LogP contribution in [0.15, 0.2) is 53.4 Å². The van der Waals surface area contributed by atoms with Crippen LogP contribution in [0.1, 0.15) is 11.1 Å². The fraction of sp³-hybridized carbons (Fsp3) is 0.227. The number of hydrogen-bond acceptors (Lipinski definition) is 6. The number of aryl methyl sites for hydroxylation is 1. The molecular formula is C22H22N2O5S. The van der Waals surface area contributed by atoms with Crippen LogP contribution in [-0.4, -0.2) is 48.8 Å². The van der Waals surface area contributed by atoms with Crippen molar-refractivity contribution in [2.45, 2.75) is 6.92 Å². The second-order valence-corrected chi connectivity index (χ2v) is 7.56. The summed E-state index contributed by atoms with van der Waals surface area (Å²) in [6.07, 6.45) is 1.60. The van der Waals surface area contributed by atoms with Crippen LogP contribution in [0.4, 0.5) is 10.5 Å². The van der Waals surface area contributed by atoms with E-state index in [4.69, 9.17) is 9.47 Å². The van der Waals surface area contributed by atoms with Gasteiger partial charge in [-0.2, -0.15) is 0 Å². The standard InChI is InChI=1S/C22H22N2O5S/c1-15-7-9-17(10-8-15)23-20(25)14-29-18-6-4-3-5-16(18)13-19-21(26)24(11-12-28-2)22(27)30-19/h3-10,13H,11-12,14H2,1-2H3,(H,23,25)/b19-13+. The van der Waals surface area contributed by atoms with Crippen molar-refractivity contribution < 1.29 is 23.9 Å². The molecule has 0 saturated carbocycles. The van der Waals surface area contributed by atoms with E-state index in [1.165, 1.54) is 7.11 Å². The highest BCUT2D eigenvalue weighted by Gasteiger charge is 2.34.